The molecular formula is C20H22BrN5O3. The van der Waals surface area contributed by atoms with E-state index < -0.39 is 17.4 Å². The number of rotatable bonds is 3. The molecule has 2 aliphatic heterocycles. The van der Waals surface area contributed by atoms with Crippen LogP contribution >= 0.6 is 15.9 Å². The van der Waals surface area contributed by atoms with Gasteiger partial charge in [-0.15, -0.1) is 0 Å². The second-order valence-corrected chi connectivity index (χ2v) is 8.41. The highest BCUT2D eigenvalue weighted by Gasteiger charge is 2.35. The fourth-order valence-corrected chi connectivity index (χ4v) is 4.16. The quantitative estimate of drug-likeness (QED) is 0.653. The Morgan fingerprint density at radius 2 is 2.00 bits per heavy atom. The summed E-state index contributed by atoms with van der Waals surface area (Å²) in [5.41, 5.74) is 0.403. The summed E-state index contributed by atoms with van der Waals surface area (Å²) in [6.45, 7) is 2.88. The number of H-pyrrole nitrogens is 1. The lowest BCUT2D eigenvalue weighted by molar-refractivity contribution is -0.123. The summed E-state index contributed by atoms with van der Waals surface area (Å²) in [4.78, 5) is 47.4. The number of carbonyl (C=O) groups excluding carboxylic acids is 2. The zero-order valence-electron chi connectivity index (χ0n) is 16.0. The van der Waals surface area contributed by atoms with Gasteiger partial charge in [0.1, 0.15) is 5.82 Å². The van der Waals surface area contributed by atoms with E-state index in [9.17, 15) is 14.4 Å². The lowest BCUT2D eigenvalue weighted by atomic mass is 9.92. The first kappa shape index (κ1) is 19.6. The zero-order valence-corrected chi connectivity index (χ0v) is 17.6. The molecule has 8 nitrogen and oxygen atoms in total. The van der Waals surface area contributed by atoms with Crippen LogP contribution in [0, 0.1) is 0 Å². The smallest absolute Gasteiger partial charge is 0.258 e. The third-order valence-corrected chi connectivity index (χ3v) is 5.97. The lowest BCUT2D eigenvalue weighted by Crippen LogP contribution is -2.41. The number of nitrogens with zero attached hydrogens (tertiary/aromatic N) is 2. The van der Waals surface area contributed by atoms with Crippen LogP contribution < -0.4 is 21.1 Å². The molecule has 3 N–H and O–H groups in total. The Morgan fingerprint density at radius 1 is 1.24 bits per heavy atom. The number of benzene rings is 1. The Labute approximate surface area is 176 Å². The van der Waals surface area contributed by atoms with Crippen LogP contribution in [-0.4, -0.2) is 34.4 Å². The van der Waals surface area contributed by atoms with Crippen LogP contribution in [0.5, 0.6) is 0 Å². The summed E-state index contributed by atoms with van der Waals surface area (Å²) in [6.07, 6.45) is 3.09. The average molecular weight is 460 g/mol. The van der Waals surface area contributed by atoms with Crippen LogP contribution in [-0.2, 0) is 9.59 Å². The number of piperidine rings is 1. The van der Waals surface area contributed by atoms with E-state index in [2.05, 4.69) is 43.5 Å². The molecule has 2 aliphatic rings. The van der Waals surface area contributed by atoms with Crippen molar-refractivity contribution in [3.05, 3.63) is 44.7 Å². The number of carbonyl (C=O) groups is 2. The summed E-state index contributed by atoms with van der Waals surface area (Å²) >= 11 is 3.35. The van der Waals surface area contributed by atoms with Crippen molar-refractivity contribution in [2.45, 2.75) is 44.6 Å². The topological polar surface area (TPSA) is 107 Å². The highest BCUT2D eigenvalue weighted by molar-refractivity contribution is 9.10. The first-order valence-electron chi connectivity index (χ1n) is 9.69. The number of nitrogens with one attached hydrogen (secondary N) is 3. The minimum Gasteiger partial charge on any atom is -0.340 e. The highest BCUT2D eigenvalue weighted by atomic mass is 79.9. The first-order valence-corrected chi connectivity index (χ1v) is 10.5. The van der Waals surface area contributed by atoms with Crippen molar-refractivity contribution in [3.8, 4) is 0 Å². The van der Waals surface area contributed by atoms with Crippen LogP contribution in [0.15, 0.2) is 33.5 Å². The zero-order chi connectivity index (χ0) is 20.5. The van der Waals surface area contributed by atoms with Crippen LogP contribution in [0.1, 0.15) is 44.1 Å². The van der Waals surface area contributed by atoms with E-state index in [1.807, 2.05) is 4.90 Å². The van der Waals surface area contributed by atoms with Gasteiger partial charge in [-0.25, -0.2) is 0 Å². The standard InChI is InChI=1S/C20H22BrN5O3/c1-11-4-2-3-9-26(11)20-24-17-16(19(29)25-20)14(10-15(27)23-17)18(28)22-13-7-5-12(21)6-8-13/h5-8,11,14H,2-4,9-10H2,1H3,(H,22,28)(H2,23,24,25,27,29)/t11-,14+/m1/s1. The van der Waals surface area contributed by atoms with E-state index in [-0.39, 0.29) is 29.8 Å². The molecule has 1 aromatic heterocycles. The van der Waals surface area contributed by atoms with Crippen LogP contribution in [0.2, 0.25) is 0 Å². The molecule has 2 atom stereocenters. The van der Waals surface area contributed by atoms with Crippen molar-refractivity contribution >= 4 is 45.2 Å². The Balaban J connectivity index is 1.65. The molecule has 3 heterocycles. The number of hydrogen-bond donors (Lipinski definition) is 3. The molecule has 152 valence electrons. The van der Waals surface area contributed by atoms with Gasteiger partial charge in [0.25, 0.3) is 5.56 Å². The minimum atomic E-state index is -0.897. The SMILES string of the molecule is C[C@@H]1CCCCN1c1nc2c(c(=O)[nH]1)[C@@H](C(=O)Nc1ccc(Br)cc1)CC(=O)N2. The average Bonchev–Trinajstić information content (AvgIpc) is 2.69. The summed E-state index contributed by atoms with van der Waals surface area (Å²) in [5, 5.41) is 5.45. The van der Waals surface area contributed by atoms with E-state index in [1.54, 1.807) is 24.3 Å². The Bertz CT molecular complexity index is 1000. The summed E-state index contributed by atoms with van der Waals surface area (Å²) < 4.78 is 0.887. The number of aromatic amines is 1. The number of amides is 2. The largest absolute Gasteiger partial charge is 0.340 e. The first-order chi connectivity index (χ1) is 13.9. The molecule has 1 fully saturated rings. The van der Waals surface area contributed by atoms with Gasteiger partial charge in [-0.1, -0.05) is 15.9 Å². The van der Waals surface area contributed by atoms with Crippen molar-refractivity contribution < 1.29 is 9.59 Å². The predicted molar refractivity (Wildman–Crippen MR) is 114 cm³/mol. The minimum absolute atomic E-state index is 0.0976. The number of fused-ring (bicyclic) bond motifs is 1. The Morgan fingerprint density at radius 3 is 2.72 bits per heavy atom. The van der Waals surface area contributed by atoms with Gasteiger partial charge in [0.05, 0.1) is 11.5 Å². The molecule has 2 amide bonds. The monoisotopic (exact) mass is 459 g/mol. The lowest BCUT2D eigenvalue weighted by Gasteiger charge is -2.34. The number of halogens is 1. The molecule has 1 aromatic carbocycles. The van der Waals surface area contributed by atoms with Crippen molar-refractivity contribution in [2.75, 3.05) is 22.1 Å². The maximum atomic E-state index is 12.9. The second-order valence-electron chi connectivity index (χ2n) is 7.49. The third-order valence-electron chi connectivity index (χ3n) is 5.44. The van der Waals surface area contributed by atoms with Crippen LogP contribution in [0.3, 0.4) is 0 Å². The molecular weight excluding hydrogens is 438 g/mol. The molecule has 9 heteroatoms. The van der Waals surface area contributed by atoms with E-state index in [0.29, 0.717) is 11.6 Å². The normalized spacial score (nSPS) is 21.3. The van der Waals surface area contributed by atoms with Gasteiger partial charge in [-0.3, -0.25) is 19.4 Å². The predicted octanol–water partition coefficient (Wildman–Crippen LogP) is 2.98. The van der Waals surface area contributed by atoms with Gasteiger partial charge in [-0.05, 0) is 50.5 Å². The van der Waals surface area contributed by atoms with E-state index >= 15 is 0 Å². The summed E-state index contributed by atoms with van der Waals surface area (Å²) in [6, 6.07) is 7.35. The fraction of sp³-hybridized carbons (Fsp3) is 0.400. The van der Waals surface area contributed by atoms with Gasteiger partial charge < -0.3 is 15.5 Å². The van der Waals surface area contributed by atoms with Gasteiger partial charge in [-0.2, -0.15) is 4.98 Å². The number of anilines is 3. The van der Waals surface area contributed by atoms with Gasteiger partial charge in [0.15, 0.2) is 0 Å². The van der Waals surface area contributed by atoms with Crippen LogP contribution in [0.4, 0.5) is 17.5 Å². The van der Waals surface area contributed by atoms with Crippen molar-refractivity contribution in [2.24, 2.45) is 0 Å². The maximum Gasteiger partial charge on any atom is 0.258 e. The second kappa shape index (κ2) is 7.98. The molecule has 0 aliphatic carbocycles. The van der Waals surface area contributed by atoms with Crippen molar-refractivity contribution in [1.29, 1.82) is 0 Å². The molecule has 0 bridgehead atoms. The van der Waals surface area contributed by atoms with Gasteiger partial charge >= 0.3 is 0 Å². The van der Waals surface area contributed by atoms with Gasteiger partial charge in [0, 0.05) is 29.2 Å². The maximum absolute atomic E-state index is 12.9. The van der Waals surface area contributed by atoms with Crippen LogP contribution in [0.25, 0.3) is 0 Å². The molecule has 0 unspecified atom stereocenters. The van der Waals surface area contributed by atoms with Gasteiger partial charge in [0.2, 0.25) is 17.8 Å². The molecule has 4 rings (SSSR count). The molecule has 0 spiro atoms. The molecule has 2 aromatic rings. The van der Waals surface area contributed by atoms with Crippen molar-refractivity contribution in [3.63, 3.8) is 0 Å². The number of hydrogen-bond acceptors (Lipinski definition) is 5. The third kappa shape index (κ3) is 4.05. The highest BCUT2D eigenvalue weighted by Crippen LogP contribution is 2.31. The Hall–Kier alpha value is -2.68. The molecule has 0 saturated carbocycles. The number of aromatic nitrogens is 2. The molecule has 1 saturated heterocycles. The fourth-order valence-electron chi connectivity index (χ4n) is 3.89. The molecule has 0 radical (unpaired) electrons. The molecule has 29 heavy (non-hydrogen) atoms. The van der Waals surface area contributed by atoms with E-state index in [0.717, 1.165) is 30.3 Å². The summed E-state index contributed by atoms with van der Waals surface area (Å²) in [5.74, 6) is -1.02. The van der Waals surface area contributed by atoms with E-state index in [1.165, 1.54) is 0 Å². The Kier molecular flexibility index (Phi) is 5.40. The van der Waals surface area contributed by atoms with Crippen molar-refractivity contribution in [1.82, 2.24) is 9.97 Å². The summed E-state index contributed by atoms with van der Waals surface area (Å²) in [7, 11) is 0. The van der Waals surface area contributed by atoms with E-state index in [4.69, 9.17) is 0 Å².